The Labute approximate surface area is 83.6 Å². The number of carboxylic acids is 1. The van der Waals surface area contributed by atoms with E-state index in [0.29, 0.717) is 6.29 Å². The van der Waals surface area contributed by atoms with Crippen LogP contribution in [-0.2, 0) is 14.4 Å². The van der Waals surface area contributed by atoms with Gasteiger partial charge in [0.25, 0.3) is 0 Å². The lowest BCUT2D eigenvalue weighted by Gasteiger charge is -2.09. The number of rotatable bonds is 6. The van der Waals surface area contributed by atoms with Crippen LogP contribution in [0.2, 0.25) is 0 Å². The Morgan fingerprint density at radius 2 is 2.15 bits per heavy atom. The highest BCUT2D eigenvalue weighted by atomic mass is 79.9. The van der Waals surface area contributed by atoms with Crippen LogP contribution in [0.25, 0.3) is 0 Å². The van der Waals surface area contributed by atoms with Crippen LogP contribution in [0.1, 0.15) is 12.8 Å². The molecule has 0 aromatic rings. The third kappa shape index (κ3) is 6.27. The molecule has 0 bridgehead atoms. The number of hydrogen-bond donors (Lipinski definition) is 2. The van der Waals surface area contributed by atoms with Gasteiger partial charge in [-0.1, -0.05) is 15.9 Å². The van der Waals surface area contributed by atoms with E-state index in [0.717, 1.165) is 0 Å². The molecule has 0 saturated heterocycles. The molecule has 0 aliphatic rings. The highest BCUT2D eigenvalue weighted by Crippen LogP contribution is 1.95. The lowest BCUT2D eigenvalue weighted by atomic mass is 10.2. The van der Waals surface area contributed by atoms with Gasteiger partial charge >= 0.3 is 5.97 Å². The first kappa shape index (κ1) is 12.1. The highest BCUT2D eigenvalue weighted by molar-refractivity contribution is 9.09. The number of amides is 1. The number of nitrogens with one attached hydrogen (secondary N) is 1. The summed E-state index contributed by atoms with van der Waals surface area (Å²) < 4.78 is 0. The zero-order chi connectivity index (χ0) is 10.3. The molecule has 5 nitrogen and oxygen atoms in total. The zero-order valence-electron chi connectivity index (χ0n) is 6.83. The Morgan fingerprint density at radius 3 is 2.54 bits per heavy atom. The maximum atomic E-state index is 10.8. The van der Waals surface area contributed by atoms with E-state index in [2.05, 4.69) is 21.2 Å². The van der Waals surface area contributed by atoms with Crippen LogP contribution in [0, 0.1) is 0 Å². The standard InChI is InChI=1S/C7H10BrNO4/c8-3-6(11)9-5(4-10)1-2-7(12)13/h4-5H,1-3H2,(H,9,11)(H,12,13). The molecule has 0 aromatic heterocycles. The predicted octanol–water partition coefficient (Wildman–Crippen LogP) is -0.0702. The van der Waals surface area contributed by atoms with Crippen LogP contribution in [-0.4, -0.2) is 34.6 Å². The normalized spacial score (nSPS) is 11.8. The molecule has 0 spiro atoms. The van der Waals surface area contributed by atoms with Gasteiger partial charge in [-0.3, -0.25) is 9.59 Å². The van der Waals surface area contributed by atoms with E-state index in [-0.39, 0.29) is 24.1 Å². The number of hydrogen-bond acceptors (Lipinski definition) is 3. The minimum absolute atomic E-state index is 0.102. The molecule has 0 saturated carbocycles. The van der Waals surface area contributed by atoms with Crippen molar-refractivity contribution < 1.29 is 19.5 Å². The Hall–Kier alpha value is -0.910. The van der Waals surface area contributed by atoms with Crippen molar-refractivity contribution in [3.05, 3.63) is 0 Å². The van der Waals surface area contributed by atoms with Crippen molar-refractivity contribution in [3.63, 3.8) is 0 Å². The summed E-state index contributed by atoms with van der Waals surface area (Å²) >= 11 is 2.91. The van der Waals surface area contributed by atoms with Gasteiger partial charge in [0.1, 0.15) is 6.29 Å². The smallest absolute Gasteiger partial charge is 0.303 e. The molecule has 0 fully saturated rings. The fraction of sp³-hybridized carbons (Fsp3) is 0.571. The van der Waals surface area contributed by atoms with E-state index in [1.807, 2.05) is 0 Å². The molecule has 0 aromatic carbocycles. The first-order chi connectivity index (χ1) is 6.10. The van der Waals surface area contributed by atoms with Crippen LogP contribution in [0.4, 0.5) is 0 Å². The number of halogens is 1. The average Bonchev–Trinajstić information content (AvgIpc) is 2.11. The molecular weight excluding hydrogens is 242 g/mol. The van der Waals surface area contributed by atoms with Gasteiger partial charge in [-0.05, 0) is 6.42 Å². The first-order valence-corrected chi connectivity index (χ1v) is 4.74. The summed E-state index contributed by atoms with van der Waals surface area (Å²) in [5.74, 6) is -1.32. The van der Waals surface area contributed by atoms with Gasteiger partial charge in [-0.2, -0.15) is 0 Å². The number of alkyl halides is 1. The fourth-order valence-corrected chi connectivity index (χ4v) is 0.860. The van der Waals surface area contributed by atoms with Gasteiger partial charge in [0.05, 0.1) is 11.4 Å². The van der Waals surface area contributed by atoms with Crippen LogP contribution >= 0.6 is 15.9 Å². The Bertz CT molecular complexity index is 207. The highest BCUT2D eigenvalue weighted by Gasteiger charge is 2.11. The number of carbonyl (C=O) groups excluding carboxylic acids is 2. The summed E-state index contributed by atoms with van der Waals surface area (Å²) in [5.41, 5.74) is 0. The minimum Gasteiger partial charge on any atom is -0.481 e. The molecule has 0 rings (SSSR count). The topological polar surface area (TPSA) is 83.5 Å². The van der Waals surface area contributed by atoms with Crippen molar-refractivity contribution in [2.24, 2.45) is 0 Å². The molecule has 0 aliphatic heterocycles. The lowest BCUT2D eigenvalue weighted by molar-refractivity contribution is -0.137. The van der Waals surface area contributed by atoms with E-state index in [4.69, 9.17) is 5.11 Å². The van der Waals surface area contributed by atoms with Crippen LogP contribution in [0.5, 0.6) is 0 Å². The third-order valence-corrected chi connectivity index (χ3v) is 1.81. The van der Waals surface area contributed by atoms with Gasteiger partial charge in [0.2, 0.25) is 5.91 Å². The Morgan fingerprint density at radius 1 is 1.54 bits per heavy atom. The van der Waals surface area contributed by atoms with E-state index in [1.54, 1.807) is 0 Å². The van der Waals surface area contributed by atoms with E-state index >= 15 is 0 Å². The fourth-order valence-electron chi connectivity index (χ4n) is 0.699. The summed E-state index contributed by atoms with van der Waals surface area (Å²) in [6.07, 6.45) is 0.521. The summed E-state index contributed by atoms with van der Waals surface area (Å²) in [7, 11) is 0. The molecule has 0 radical (unpaired) electrons. The number of aldehydes is 1. The first-order valence-electron chi connectivity index (χ1n) is 3.62. The summed E-state index contributed by atoms with van der Waals surface area (Å²) in [6, 6.07) is -0.707. The Kier molecular flexibility index (Phi) is 6.13. The van der Waals surface area contributed by atoms with E-state index < -0.39 is 12.0 Å². The van der Waals surface area contributed by atoms with Crippen LogP contribution in [0.15, 0.2) is 0 Å². The van der Waals surface area contributed by atoms with Crippen molar-refractivity contribution in [1.82, 2.24) is 5.32 Å². The van der Waals surface area contributed by atoms with Gasteiger partial charge < -0.3 is 15.2 Å². The molecule has 6 heteroatoms. The van der Waals surface area contributed by atoms with Crippen molar-refractivity contribution in [1.29, 1.82) is 0 Å². The number of aliphatic carboxylic acids is 1. The molecular formula is C7H10BrNO4. The molecule has 1 atom stereocenters. The van der Waals surface area contributed by atoms with Crippen LogP contribution < -0.4 is 5.32 Å². The third-order valence-electron chi connectivity index (χ3n) is 1.30. The minimum atomic E-state index is -0.986. The second kappa shape index (κ2) is 6.59. The van der Waals surface area contributed by atoms with E-state index in [1.165, 1.54) is 0 Å². The van der Waals surface area contributed by atoms with Gasteiger partial charge in [-0.25, -0.2) is 0 Å². The maximum Gasteiger partial charge on any atom is 0.303 e. The van der Waals surface area contributed by atoms with Gasteiger partial charge in [-0.15, -0.1) is 0 Å². The zero-order valence-corrected chi connectivity index (χ0v) is 8.41. The monoisotopic (exact) mass is 251 g/mol. The molecule has 0 aliphatic carbocycles. The number of carbonyl (C=O) groups is 3. The second-order valence-corrected chi connectivity index (χ2v) is 2.94. The quantitative estimate of drug-likeness (QED) is 0.512. The molecule has 1 amide bonds. The predicted molar refractivity (Wildman–Crippen MR) is 48.7 cm³/mol. The average molecular weight is 252 g/mol. The number of carboxylic acid groups (broad SMARTS) is 1. The van der Waals surface area contributed by atoms with Gasteiger partial charge in [0.15, 0.2) is 0 Å². The Balaban J connectivity index is 3.82. The van der Waals surface area contributed by atoms with Crippen molar-refractivity contribution in [3.8, 4) is 0 Å². The largest absolute Gasteiger partial charge is 0.481 e. The molecule has 0 heterocycles. The summed E-state index contributed by atoms with van der Waals surface area (Å²) in [5, 5.41) is 10.8. The molecule has 2 N–H and O–H groups in total. The molecule has 1 unspecified atom stereocenters. The lowest BCUT2D eigenvalue weighted by Crippen LogP contribution is -2.36. The molecule has 74 valence electrons. The SMILES string of the molecule is O=CC(CCC(=O)O)NC(=O)CBr. The van der Waals surface area contributed by atoms with Crippen molar-refractivity contribution >= 4 is 34.1 Å². The summed E-state index contributed by atoms with van der Waals surface area (Å²) in [6.45, 7) is 0. The second-order valence-electron chi connectivity index (χ2n) is 2.38. The van der Waals surface area contributed by atoms with Crippen molar-refractivity contribution in [2.75, 3.05) is 5.33 Å². The summed E-state index contributed by atoms with van der Waals surface area (Å²) in [4.78, 5) is 31.2. The van der Waals surface area contributed by atoms with Crippen LogP contribution in [0.3, 0.4) is 0 Å². The maximum absolute atomic E-state index is 10.8. The van der Waals surface area contributed by atoms with Crippen molar-refractivity contribution in [2.45, 2.75) is 18.9 Å². The van der Waals surface area contributed by atoms with E-state index in [9.17, 15) is 14.4 Å². The molecule has 13 heavy (non-hydrogen) atoms. The van der Waals surface area contributed by atoms with Gasteiger partial charge in [0, 0.05) is 6.42 Å².